The van der Waals surface area contributed by atoms with E-state index in [9.17, 15) is 4.79 Å². The van der Waals surface area contributed by atoms with Crippen LogP contribution in [0.5, 0.6) is 5.75 Å². The maximum atomic E-state index is 13.0. The Bertz CT molecular complexity index is 1980. The maximum Gasteiger partial charge on any atom is 0.328 e. The molecule has 14 heteroatoms. The summed E-state index contributed by atoms with van der Waals surface area (Å²) in [5.41, 5.74) is 5.17. The zero-order valence-corrected chi connectivity index (χ0v) is 29.4. The number of carbonyl (C=O) groups is 1. The first-order chi connectivity index (χ1) is 24.8. The molecule has 51 heavy (non-hydrogen) atoms. The summed E-state index contributed by atoms with van der Waals surface area (Å²) in [5.74, 6) is 2.07. The summed E-state index contributed by atoms with van der Waals surface area (Å²) >= 11 is 0. The van der Waals surface area contributed by atoms with Crippen LogP contribution in [0, 0.1) is 6.57 Å². The van der Waals surface area contributed by atoms with Crippen molar-refractivity contribution < 1.29 is 14.3 Å². The second kappa shape index (κ2) is 16.3. The molecule has 0 bridgehead atoms. The van der Waals surface area contributed by atoms with Crippen molar-refractivity contribution in [3.05, 3.63) is 95.1 Å². The van der Waals surface area contributed by atoms with Crippen LogP contribution < -0.4 is 20.3 Å². The highest BCUT2D eigenvalue weighted by molar-refractivity contribution is 5.79. The van der Waals surface area contributed by atoms with Crippen molar-refractivity contribution in [3.63, 3.8) is 0 Å². The van der Waals surface area contributed by atoms with Gasteiger partial charge in [-0.3, -0.25) is 4.90 Å². The first-order valence-corrected chi connectivity index (χ1v) is 16.9. The molecule has 5 aromatic rings. The van der Waals surface area contributed by atoms with E-state index in [2.05, 4.69) is 54.4 Å². The lowest BCUT2D eigenvalue weighted by Gasteiger charge is -2.32. The van der Waals surface area contributed by atoms with E-state index in [0.29, 0.717) is 37.0 Å². The number of fused-ring (bicyclic) bond motifs is 1. The van der Waals surface area contributed by atoms with Crippen molar-refractivity contribution >= 4 is 46.2 Å². The maximum absolute atomic E-state index is 13.0. The third-order valence-electron chi connectivity index (χ3n) is 8.87. The molecule has 3 heterocycles. The van der Waals surface area contributed by atoms with Gasteiger partial charge >= 0.3 is 5.97 Å². The van der Waals surface area contributed by atoms with Crippen LogP contribution in [0.1, 0.15) is 17.0 Å². The van der Waals surface area contributed by atoms with Gasteiger partial charge in [0.2, 0.25) is 17.8 Å². The van der Waals surface area contributed by atoms with Crippen LogP contribution in [0.15, 0.2) is 66.7 Å². The van der Waals surface area contributed by atoms with Gasteiger partial charge in [-0.25, -0.2) is 14.6 Å². The summed E-state index contributed by atoms with van der Waals surface area (Å²) in [6.07, 6.45) is 0.903. The summed E-state index contributed by atoms with van der Waals surface area (Å²) in [4.78, 5) is 45.5. The van der Waals surface area contributed by atoms with Crippen molar-refractivity contribution in [2.45, 2.75) is 25.4 Å². The molecule has 2 aromatic heterocycles. The highest BCUT2D eigenvalue weighted by atomic mass is 16.5. The van der Waals surface area contributed by atoms with Gasteiger partial charge in [0, 0.05) is 70.9 Å². The molecule has 264 valence electrons. The lowest BCUT2D eigenvalue weighted by molar-refractivity contribution is -0.141. The number of piperazine rings is 1. The van der Waals surface area contributed by atoms with Crippen LogP contribution >= 0.6 is 0 Å². The van der Waals surface area contributed by atoms with Crippen LogP contribution in [-0.2, 0) is 28.9 Å². The molecule has 1 atom stereocenters. The first-order valence-electron chi connectivity index (χ1n) is 16.9. The number of aromatic amines is 1. The average Bonchev–Trinajstić information content (AvgIpc) is 3.57. The van der Waals surface area contributed by atoms with Gasteiger partial charge in [-0.15, -0.1) is 0 Å². The summed E-state index contributed by atoms with van der Waals surface area (Å²) in [7, 11) is 7.05. The van der Waals surface area contributed by atoms with Crippen LogP contribution in [0.2, 0.25) is 0 Å². The Morgan fingerprint density at radius 1 is 0.980 bits per heavy atom. The van der Waals surface area contributed by atoms with E-state index in [1.807, 2.05) is 54.4 Å². The van der Waals surface area contributed by atoms with Gasteiger partial charge in [0.1, 0.15) is 17.6 Å². The number of nitrogens with zero attached hydrogens (tertiary/aromatic N) is 8. The predicted molar refractivity (Wildman–Crippen MR) is 198 cm³/mol. The quantitative estimate of drug-likeness (QED) is 0.110. The molecule has 0 radical (unpaired) electrons. The monoisotopic (exact) mass is 689 g/mol. The number of esters is 1. The number of methoxy groups -OCH3 is 2. The lowest BCUT2D eigenvalue weighted by Crippen LogP contribution is -2.43. The number of benzene rings is 3. The number of H-pyrrole nitrogens is 1. The lowest BCUT2D eigenvalue weighted by atomic mass is 10.1. The fourth-order valence-corrected chi connectivity index (χ4v) is 5.89. The van der Waals surface area contributed by atoms with Crippen molar-refractivity contribution in [3.8, 4) is 5.75 Å². The van der Waals surface area contributed by atoms with Gasteiger partial charge in [0.05, 0.1) is 31.8 Å². The highest BCUT2D eigenvalue weighted by Crippen LogP contribution is 2.23. The molecule has 0 spiro atoms. The van der Waals surface area contributed by atoms with Gasteiger partial charge < -0.3 is 34.9 Å². The van der Waals surface area contributed by atoms with Crippen LogP contribution in [-0.4, -0.2) is 108 Å². The van der Waals surface area contributed by atoms with Gasteiger partial charge in [0.15, 0.2) is 5.69 Å². The van der Waals surface area contributed by atoms with E-state index in [0.717, 1.165) is 66.6 Å². The highest BCUT2D eigenvalue weighted by Gasteiger charge is 2.23. The van der Waals surface area contributed by atoms with E-state index in [-0.39, 0.29) is 5.95 Å². The minimum Gasteiger partial charge on any atom is -0.497 e. The Balaban J connectivity index is 1.24. The van der Waals surface area contributed by atoms with E-state index in [4.69, 9.17) is 31.0 Å². The second-order valence-corrected chi connectivity index (χ2v) is 12.6. The number of hydrogen-bond acceptors (Lipinski definition) is 12. The molecule has 0 aliphatic carbocycles. The zero-order valence-electron chi connectivity index (χ0n) is 29.4. The molecule has 1 aliphatic rings. The van der Waals surface area contributed by atoms with Crippen molar-refractivity contribution in [1.82, 2.24) is 34.7 Å². The van der Waals surface area contributed by atoms with E-state index < -0.39 is 12.0 Å². The number of aromatic nitrogens is 5. The summed E-state index contributed by atoms with van der Waals surface area (Å²) in [6.45, 7) is 12.8. The summed E-state index contributed by atoms with van der Waals surface area (Å²) in [6, 6.07) is 20.3. The Hall–Kier alpha value is -5.78. The minimum atomic E-state index is -0.790. The largest absolute Gasteiger partial charge is 0.497 e. The summed E-state index contributed by atoms with van der Waals surface area (Å²) in [5, 5.41) is 6.57. The zero-order chi connectivity index (χ0) is 35.7. The fourth-order valence-electron chi connectivity index (χ4n) is 5.89. The SMILES string of the molecule is [C-]#[N+]c1ccc(C[C@H](Nc2nc(Nc3cccc(CN4CCN(C)CC4)c3)nc(N(C)CCc3nc4ccc(OC)cc4[nH]3)n2)C(=O)OC)cc1. The van der Waals surface area contributed by atoms with E-state index in [1.165, 1.54) is 12.7 Å². The molecular formula is C37H43N11O3. The Kier molecular flexibility index (Phi) is 11.2. The van der Waals surface area contributed by atoms with E-state index in [1.54, 1.807) is 19.2 Å². The molecule has 14 nitrogen and oxygen atoms in total. The Morgan fingerprint density at radius 3 is 2.51 bits per heavy atom. The smallest absolute Gasteiger partial charge is 0.328 e. The standard InChI is InChI=1S/C37H43N11O3/c1-38-27-11-9-25(10-12-27)22-32(34(49)51-5)42-36-43-35(39-28-8-6-7-26(21-28)24-48-19-17-46(2)18-20-48)44-37(45-36)47(3)16-15-33-40-30-14-13-29(50-4)23-31(30)41-33/h6-14,21,23,32H,15-20,22,24H2,2-5H3,(H,40,41)(H2,39,42,43,44,45)/t32-/m0/s1. The Labute approximate surface area is 297 Å². The number of nitrogens with one attached hydrogen (secondary N) is 3. The van der Waals surface area contributed by atoms with Crippen molar-refractivity contribution in [1.29, 1.82) is 0 Å². The third-order valence-corrected chi connectivity index (χ3v) is 8.87. The number of carbonyl (C=O) groups excluding carboxylic acids is 1. The molecule has 6 rings (SSSR count). The second-order valence-electron chi connectivity index (χ2n) is 12.6. The van der Waals surface area contributed by atoms with Crippen molar-refractivity contribution in [2.75, 3.05) is 76.6 Å². The minimum absolute atomic E-state index is 0.215. The topological polar surface area (TPSA) is 141 Å². The van der Waals surface area contributed by atoms with Crippen LogP contribution in [0.3, 0.4) is 0 Å². The molecule has 1 fully saturated rings. The molecule has 3 N–H and O–H groups in total. The van der Waals surface area contributed by atoms with Crippen LogP contribution in [0.4, 0.5) is 29.2 Å². The predicted octanol–water partition coefficient (Wildman–Crippen LogP) is 4.67. The number of rotatable bonds is 14. The third kappa shape index (κ3) is 9.27. The molecule has 3 aromatic carbocycles. The first kappa shape index (κ1) is 35.1. The molecule has 1 saturated heterocycles. The van der Waals surface area contributed by atoms with Gasteiger partial charge in [-0.05, 0) is 42.4 Å². The van der Waals surface area contributed by atoms with Gasteiger partial charge in [-0.2, -0.15) is 15.0 Å². The summed E-state index contributed by atoms with van der Waals surface area (Å²) < 4.78 is 10.5. The molecule has 0 amide bonds. The van der Waals surface area contributed by atoms with Gasteiger partial charge in [0.25, 0.3) is 0 Å². The van der Waals surface area contributed by atoms with E-state index >= 15 is 0 Å². The molecule has 0 unspecified atom stereocenters. The van der Waals surface area contributed by atoms with Gasteiger partial charge in [-0.1, -0.05) is 36.4 Å². The molecular weight excluding hydrogens is 646 g/mol. The fraction of sp³-hybridized carbons (Fsp3) is 0.351. The molecule has 0 saturated carbocycles. The normalized spacial score (nSPS) is 14.1. The average molecular weight is 690 g/mol. The number of hydrogen-bond donors (Lipinski definition) is 3. The number of likely N-dealkylation sites (N-methyl/N-ethyl adjacent to an activating group) is 2. The number of imidazole rings is 1. The molecule has 1 aliphatic heterocycles. The Morgan fingerprint density at radius 2 is 1.76 bits per heavy atom. The number of ether oxygens (including phenoxy) is 2. The van der Waals surface area contributed by atoms with Crippen LogP contribution in [0.25, 0.3) is 15.9 Å². The van der Waals surface area contributed by atoms with Crippen molar-refractivity contribution in [2.24, 2.45) is 0 Å². The number of anilines is 4.